The monoisotopic (exact) mass is 424 g/mol. The molecule has 3 aromatic rings. The van der Waals surface area contributed by atoms with Gasteiger partial charge in [0.25, 0.3) is 0 Å². The molecule has 1 aromatic heterocycles. The Morgan fingerprint density at radius 1 is 1.13 bits per heavy atom. The third-order valence-electron chi connectivity index (χ3n) is 5.35. The summed E-state index contributed by atoms with van der Waals surface area (Å²) in [5, 5.41) is 3.94. The molecule has 1 aliphatic heterocycles. The minimum absolute atomic E-state index is 0.0287. The molecule has 1 N–H and O–H groups in total. The zero-order chi connectivity index (χ0) is 20.8. The van der Waals surface area contributed by atoms with Gasteiger partial charge in [-0.1, -0.05) is 42.5 Å². The highest BCUT2D eigenvalue weighted by Crippen LogP contribution is 2.25. The molecule has 7 heteroatoms. The maximum atomic E-state index is 13.1. The van der Waals surface area contributed by atoms with Crippen LogP contribution in [0.4, 0.5) is 9.52 Å². The van der Waals surface area contributed by atoms with Crippen molar-refractivity contribution in [2.24, 2.45) is 5.92 Å². The number of carbonyl (C=O) groups excluding carboxylic acids is 1. The topological polar surface area (TPSA) is 58.1 Å². The fourth-order valence-electron chi connectivity index (χ4n) is 3.71. The number of aromatic nitrogens is 2. The lowest BCUT2D eigenvalue weighted by Crippen LogP contribution is -2.43. The molecule has 1 atom stereocenters. The molecule has 4 rings (SSSR count). The fourth-order valence-corrected chi connectivity index (χ4v) is 4.43. The largest absolute Gasteiger partial charge is 0.355 e. The zero-order valence-electron chi connectivity index (χ0n) is 16.8. The number of rotatable bonds is 7. The lowest BCUT2D eigenvalue weighted by atomic mass is 9.97. The molecule has 5 nitrogen and oxygen atoms in total. The first kappa shape index (κ1) is 20.5. The van der Waals surface area contributed by atoms with E-state index in [9.17, 15) is 9.18 Å². The molecule has 1 aliphatic rings. The van der Waals surface area contributed by atoms with Crippen molar-refractivity contribution in [2.45, 2.75) is 25.7 Å². The number of hydrogen-bond acceptors (Lipinski definition) is 5. The molecule has 0 unspecified atom stereocenters. The summed E-state index contributed by atoms with van der Waals surface area (Å²) in [7, 11) is 0. The van der Waals surface area contributed by atoms with E-state index in [-0.39, 0.29) is 17.6 Å². The Morgan fingerprint density at radius 2 is 1.93 bits per heavy atom. The molecule has 0 aliphatic carbocycles. The maximum absolute atomic E-state index is 13.1. The Bertz CT molecular complexity index is 961. The molecule has 2 heterocycles. The van der Waals surface area contributed by atoms with Crippen LogP contribution in [0.25, 0.3) is 0 Å². The van der Waals surface area contributed by atoms with Crippen LogP contribution in [0.2, 0.25) is 0 Å². The van der Waals surface area contributed by atoms with Crippen LogP contribution in [0.5, 0.6) is 0 Å². The predicted molar refractivity (Wildman–Crippen MR) is 117 cm³/mol. The molecular weight excluding hydrogens is 399 g/mol. The SMILES string of the molecule is O=C(NCCc1ccccc1)[C@H]1CCCN(c2nc(Cc3ccc(F)cc3)ns2)C1. The van der Waals surface area contributed by atoms with Gasteiger partial charge in [0.15, 0.2) is 0 Å². The average Bonchev–Trinajstić information content (AvgIpc) is 3.25. The van der Waals surface area contributed by atoms with E-state index in [2.05, 4.69) is 31.7 Å². The van der Waals surface area contributed by atoms with E-state index in [1.165, 1.54) is 29.2 Å². The number of hydrogen-bond donors (Lipinski definition) is 1. The van der Waals surface area contributed by atoms with Crippen molar-refractivity contribution in [1.29, 1.82) is 0 Å². The van der Waals surface area contributed by atoms with E-state index in [0.717, 1.165) is 42.3 Å². The number of nitrogens with zero attached hydrogens (tertiary/aromatic N) is 3. The quantitative estimate of drug-likeness (QED) is 0.626. The van der Waals surface area contributed by atoms with Crippen LogP contribution in [0.1, 0.15) is 29.8 Å². The van der Waals surface area contributed by atoms with Gasteiger partial charge in [0.2, 0.25) is 11.0 Å². The summed E-state index contributed by atoms with van der Waals surface area (Å²) in [6, 6.07) is 16.6. The van der Waals surface area contributed by atoms with Crippen LogP contribution in [0.3, 0.4) is 0 Å². The number of piperidine rings is 1. The van der Waals surface area contributed by atoms with Gasteiger partial charge in [0, 0.05) is 37.6 Å². The van der Waals surface area contributed by atoms with Gasteiger partial charge in [0.1, 0.15) is 11.6 Å². The minimum Gasteiger partial charge on any atom is -0.355 e. The Kier molecular flexibility index (Phi) is 6.69. The van der Waals surface area contributed by atoms with E-state index < -0.39 is 0 Å². The summed E-state index contributed by atoms with van der Waals surface area (Å²) in [5.74, 6) is 0.578. The van der Waals surface area contributed by atoms with Crippen molar-refractivity contribution in [3.05, 3.63) is 77.4 Å². The highest BCUT2D eigenvalue weighted by molar-refractivity contribution is 7.09. The third kappa shape index (κ3) is 5.42. The maximum Gasteiger partial charge on any atom is 0.224 e. The molecule has 2 aromatic carbocycles. The summed E-state index contributed by atoms with van der Waals surface area (Å²) in [5.41, 5.74) is 2.21. The van der Waals surface area contributed by atoms with E-state index in [0.29, 0.717) is 19.5 Å². The van der Waals surface area contributed by atoms with Gasteiger partial charge < -0.3 is 10.2 Å². The third-order valence-corrected chi connectivity index (χ3v) is 6.17. The lowest BCUT2D eigenvalue weighted by Gasteiger charge is -2.31. The average molecular weight is 425 g/mol. The highest BCUT2D eigenvalue weighted by atomic mass is 32.1. The molecule has 156 valence electrons. The highest BCUT2D eigenvalue weighted by Gasteiger charge is 2.27. The van der Waals surface area contributed by atoms with Crippen LogP contribution in [0.15, 0.2) is 54.6 Å². The summed E-state index contributed by atoms with van der Waals surface area (Å²) in [6.45, 7) is 2.21. The normalized spacial score (nSPS) is 16.4. The molecular formula is C23H25FN4OS. The number of anilines is 1. The number of halogens is 1. The Hall–Kier alpha value is -2.80. The van der Waals surface area contributed by atoms with Crippen molar-refractivity contribution in [3.8, 4) is 0 Å². The van der Waals surface area contributed by atoms with Gasteiger partial charge in [-0.25, -0.2) is 9.37 Å². The van der Waals surface area contributed by atoms with Crippen LogP contribution in [-0.4, -0.2) is 34.9 Å². The first-order valence-corrected chi connectivity index (χ1v) is 11.1. The minimum atomic E-state index is -0.243. The Morgan fingerprint density at radius 3 is 2.73 bits per heavy atom. The summed E-state index contributed by atoms with van der Waals surface area (Å²) >= 11 is 1.37. The lowest BCUT2D eigenvalue weighted by molar-refractivity contribution is -0.125. The molecule has 30 heavy (non-hydrogen) atoms. The standard InChI is InChI=1S/C23H25FN4OS/c24-20-10-8-18(9-11-20)15-21-26-23(30-27-21)28-14-4-7-19(16-28)22(29)25-13-12-17-5-2-1-3-6-17/h1-3,5-6,8-11,19H,4,7,12-16H2,(H,25,29)/t19-/m0/s1. The van der Waals surface area contributed by atoms with Gasteiger partial charge in [-0.15, -0.1) is 0 Å². The van der Waals surface area contributed by atoms with Crippen molar-refractivity contribution in [2.75, 3.05) is 24.5 Å². The molecule has 0 radical (unpaired) electrons. The van der Waals surface area contributed by atoms with E-state index >= 15 is 0 Å². The first-order valence-electron chi connectivity index (χ1n) is 10.3. The van der Waals surface area contributed by atoms with Crippen molar-refractivity contribution in [1.82, 2.24) is 14.7 Å². The van der Waals surface area contributed by atoms with Crippen LogP contribution in [0, 0.1) is 11.7 Å². The van der Waals surface area contributed by atoms with Crippen molar-refractivity contribution in [3.63, 3.8) is 0 Å². The Balaban J connectivity index is 1.29. The van der Waals surface area contributed by atoms with E-state index in [4.69, 9.17) is 0 Å². The summed E-state index contributed by atoms with van der Waals surface area (Å²) in [4.78, 5) is 19.5. The van der Waals surface area contributed by atoms with Crippen LogP contribution in [-0.2, 0) is 17.6 Å². The second-order valence-corrected chi connectivity index (χ2v) is 8.34. The van der Waals surface area contributed by atoms with Gasteiger partial charge in [-0.3, -0.25) is 4.79 Å². The van der Waals surface area contributed by atoms with Gasteiger partial charge >= 0.3 is 0 Å². The second-order valence-electron chi connectivity index (χ2n) is 7.61. The second kappa shape index (κ2) is 9.80. The molecule has 1 fully saturated rings. The van der Waals surface area contributed by atoms with Crippen molar-refractivity contribution < 1.29 is 9.18 Å². The van der Waals surface area contributed by atoms with E-state index in [1.54, 1.807) is 12.1 Å². The number of nitrogens with one attached hydrogen (secondary N) is 1. The predicted octanol–water partition coefficient (Wildman–Crippen LogP) is 3.84. The van der Waals surface area contributed by atoms with Gasteiger partial charge in [-0.2, -0.15) is 4.37 Å². The van der Waals surface area contributed by atoms with Gasteiger partial charge in [-0.05, 0) is 42.5 Å². The molecule has 1 amide bonds. The van der Waals surface area contributed by atoms with Gasteiger partial charge in [0.05, 0.1) is 5.92 Å². The number of benzene rings is 2. The molecule has 0 saturated carbocycles. The Labute approximate surface area is 180 Å². The number of amides is 1. The van der Waals surface area contributed by atoms with Crippen LogP contribution >= 0.6 is 11.5 Å². The zero-order valence-corrected chi connectivity index (χ0v) is 17.6. The summed E-state index contributed by atoms with van der Waals surface area (Å²) < 4.78 is 17.5. The number of carbonyl (C=O) groups is 1. The summed E-state index contributed by atoms with van der Waals surface area (Å²) in [6.07, 6.45) is 3.28. The molecule has 0 spiro atoms. The van der Waals surface area contributed by atoms with Crippen LogP contribution < -0.4 is 10.2 Å². The first-order chi connectivity index (χ1) is 14.7. The molecule has 1 saturated heterocycles. The smallest absolute Gasteiger partial charge is 0.224 e. The van der Waals surface area contributed by atoms with E-state index in [1.807, 2.05) is 18.2 Å². The van der Waals surface area contributed by atoms with Crippen molar-refractivity contribution >= 4 is 22.6 Å². The fraction of sp³-hybridized carbons (Fsp3) is 0.348. The molecule has 0 bridgehead atoms.